The van der Waals surface area contributed by atoms with Crippen LogP contribution in [0.3, 0.4) is 0 Å². The molecule has 0 fully saturated rings. The second-order valence-electron chi connectivity index (χ2n) is 8.01. The number of ether oxygens (including phenoxy) is 3. The van der Waals surface area contributed by atoms with Gasteiger partial charge in [0.15, 0.2) is 11.5 Å². The Labute approximate surface area is 198 Å². The molecular formula is C26H30FO7-. The number of Topliss-reactive ketones (excluding diaryl/α,β-unsaturated/α-hetero) is 1. The Morgan fingerprint density at radius 3 is 2.38 bits per heavy atom. The fourth-order valence-electron chi connectivity index (χ4n) is 3.50. The Bertz CT molecular complexity index is 1010. The van der Waals surface area contributed by atoms with E-state index in [0.29, 0.717) is 34.8 Å². The fourth-order valence-corrected chi connectivity index (χ4v) is 3.50. The number of carboxylic acid groups (broad SMARTS) is 1. The fraction of sp³-hybridized carbons (Fsp3) is 0.385. The summed E-state index contributed by atoms with van der Waals surface area (Å²) in [7, 11) is 3.08. The Kier molecular flexibility index (Phi) is 10.2. The molecule has 1 atom stereocenters. The quantitative estimate of drug-likeness (QED) is 0.352. The third-order valence-corrected chi connectivity index (χ3v) is 5.09. The molecule has 0 radical (unpaired) electrons. The molecule has 34 heavy (non-hydrogen) atoms. The van der Waals surface area contributed by atoms with Crippen molar-refractivity contribution in [3.63, 3.8) is 0 Å². The molecule has 7 nitrogen and oxygen atoms in total. The van der Waals surface area contributed by atoms with E-state index in [1.807, 2.05) is 19.9 Å². The zero-order valence-corrected chi connectivity index (χ0v) is 19.8. The number of hydrogen-bond donors (Lipinski definition) is 1. The van der Waals surface area contributed by atoms with Crippen molar-refractivity contribution in [2.24, 2.45) is 0 Å². The topological polar surface area (TPSA) is 105 Å². The van der Waals surface area contributed by atoms with E-state index in [0.717, 1.165) is 5.56 Å². The molecule has 2 rings (SSSR count). The van der Waals surface area contributed by atoms with E-state index in [1.165, 1.54) is 25.3 Å². The molecule has 0 spiro atoms. The normalized spacial score (nSPS) is 12.2. The Morgan fingerprint density at radius 2 is 1.82 bits per heavy atom. The number of aliphatic hydroxyl groups excluding tert-OH is 1. The highest BCUT2D eigenvalue weighted by Crippen LogP contribution is 2.45. The van der Waals surface area contributed by atoms with Gasteiger partial charge in [-0.05, 0) is 40.8 Å². The van der Waals surface area contributed by atoms with Crippen molar-refractivity contribution in [3.05, 3.63) is 53.4 Å². The van der Waals surface area contributed by atoms with Crippen LogP contribution in [-0.2, 0) is 14.3 Å². The van der Waals surface area contributed by atoms with Gasteiger partial charge in [-0.25, -0.2) is 4.39 Å². The van der Waals surface area contributed by atoms with Crippen molar-refractivity contribution in [1.29, 1.82) is 0 Å². The number of carbonyl (C=O) groups excluding carboxylic acids is 2. The van der Waals surface area contributed by atoms with Crippen molar-refractivity contribution in [1.82, 2.24) is 0 Å². The number of hydrogen-bond acceptors (Lipinski definition) is 7. The molecular weight excluding hydrogens is 443 g/mol. The number of benzene rings is 2. The summed E-state index contributed by atoms with van der Waals surface area (Å²) in [5.74, 6) is -1.57. The Balaban J connectivity index is 2.65. The first-order valence-corrected chi connectivity index (χ1v) is 10.9. The lowest BCUT2D eigenvalue weighted by atomic mass is 9.88. The van der Waals surface area contributed by atoms with E-state index in [-0.39, 0.29) is 18.9 Å². The maximum Gasteiger partial charge on any atom is 0.169 e. The van der Waals surface area contributed by atoms with Gasteiger partial charge in [0.2, 0.25) is 0 Å². The van der Waals surface area contributed by atoms with Crippen LogP contribution in [0.2, 0.25) is 0 Å². The number of aliphatic hydroxyl groups is 1. The molecule has 0 aromatic heterocycles. The minimum Gasteiger partial charge on any atom is -0.550 e. The number of rotatable bonds is 13. The summed E-state index contributed by atoms with van der Waals surface area (Å²) in [4.78, 5) is 22.4. The number of halogens is 1. The molecule has 1 unspecified atom stereocenters. The molecule has 0 saturated carbocycles. The van der Waals surface area contributed by atoms with E-state index in [9.17, 15) is 24.2 Å². The summed E-state index contributed by atoms with van der Waals surface area (Å²) in [6, 6.07) is 7.75. The summed E-state index contributed by atoms with van der Waals surface area (Å²) in [5, 5.41) is 21.0. The molecule has 8 heteroatoms. The minimum atomic E-state index is -1.49. The molecule has 1 N–H and O–H groups in total. The average molecular weight is 474 g/mol. The van der Waals surface area contributed by atoms with Crippen LogP contribution in [0, 0.1) is 5.82 Å². The van der Waals surface area contributed by atoms with Gasteiger partial charge in [0.05, 0.1) is 19.8 Å². The number of aliphatic carboxylic acids is 1. The van der Waals surface area contributed by atoms with Gasteiger partial charge in [-0.2, -0.15) is 0 Å². The van der Waals surface area contributed by atoms with Crippen LogP contribution in [0.25, 0.3) is 17.2 Å². The second-order valence-corrected chi connectivity index (χ2v) is 8.01. The summed E-state index contributed by atoms with van der Waals surface area (Å²) in [6.45, 7) is 4.56. The molecule has 0 heterocycles. The predicted molar refractivity (Wildman–Crippen MR) is 124 cm³/mol. The molecule has 0 aliphatic carbocycles. The van der Waals surface area contributed by atoms with Gasteiger partial charge < -0.3 is 29.2 Å². The number of carboxylic acids is 1. The van der Waals surface area contributed by atoms with Crippen molar-refractivity contribution in [3.8, 4) is 22.6 Å². The first kappa shape index (κ1) is 27.0. The zero-order chi connectivity index (χ0) is 25.3. The molecule has 2 aromatic carbocycles. The Hall–Kier alpha value is -3.23. The highest BCUT2D eigenvalue weighted by Gasteiger charge is 2.22. The molecule has 0 aliphatic heterocycles. The number of ketones is 1. The highest BCUT2D eigenvalue weighted by atomic mass is 19.1. The van der Waals surface area contributed by atoms with Crippen LogP contribution in [0.4, 0.5) is 4.39 Å². The second kappa shape index (κ2) is 12.9. The van der Waals surface area contributed by atoms with Crippen LogP contribution < -0.4 is 14.6 Å². The van der Waals surface area contributed by atoms with Gasteiger partial charge in [0, 0.05) is 31.5 Å². The zero-order valence-electron chi connectivity index (χ0n) is 19.8. The summed E-state index contributed by atoms with van der Waals surface area (Å²) in [6.07, 6.45) is 0.761. The van der Waals surface area contributed by atoms with Crippen LogP contribution in [0.15, 0.2) is 36.4 Å². The molecule has 0 aliphatic rings. The van der Waals surface area contributed by atoms with Gasteiger partial charge in [-0.1, -0.05) is 38.1 Å². The van der Waals surface area contributed by atoms with Crippen LogP contribution in [0.1, 0.15) is 43.7 Å². The lowest BCUT2D eigenvalue weighted by Gasteiger charge is -2.22. The van der Waals surface area contributed by atoms with E-state index >= 15 is 0 Å². The van der Waals surface area contributed by atoms with E-state index in [2.05, 4.69) is 0 Å². The lowest BCUT2D eigenvalue weighted by molar-refractivity contribution is -0.304. The predicted octanol–water partition coefficient (Wildman–Crippen LogP) is 3.12. The maximum atomic E-state index is 13.7. The van der Waals surface area contributed by atoms with Gasteiger partial charge in [-0.15, -0.1) is 0 Å². The summed E-state index contributed by atoms with van der Waals surface area (Å²) < 4.78 is 30.4. The van der Waals surface area contributed by atoms with Crippen molar-refractivity contribution < 1.29 is 38.4 Å². The van der Waals surface area contributed by atoms with Crippen molar-refractivity contribution >= 4 is 17.8 Å². The van der Waals surface area contributed by atoms with Crippen LogP contribution in [-0.4, -0.2) is 50.4 Å². The van der Waals surface area contributed by atoms with E-state index < -0.39 is 30.1 Å². The summed E-state index contributed by atoms with van der Waals surface area (Å²) in [5.41, 5.74) is 2.86. The number of carbonyl (C=O) groups is 2. The minimum absolute atomic E-state index is 0.0395. The van der Waals surface area contributed by atoms with Gasteiger partial charge >= 0.3 is 0 Å². The maximum absolute atomic E-state index is 13.7. The van der Waals surface area contributed by atoms with Gasteiger partial charge in [0.1, 0.15) is 18.2 Å². The molecule has 0 saturated heterocycles. The summed E-state index contributed by atoms with van der Waals surface area (Å²) >= 11 is 0. The third kappa shape index (κ3) is 7.40. The molecule has 2 aromatic rings. The molecule has 184 valence electrons. The van der Waals surface area contributed by atoms with E-state index in [1.54, 1.807) is 25.3 Å². The molecule has 0 amide bonds. The monoisotopic (exact) mass is 473 g/mol. The standard InChI is InChI=1S/C26H31FO7/c1-16(2)22-15-23(33-4)26(34-12-11-32-3)25(17-5-7-18(27)8-6-17)21(22)10-9-19(28)13-20(29)14-24(30)31/h5-10,15-16,19,28H,11-14H2,1-4H3,(H,30,31)/p-1/b10-9+. The largest absolute Gasteiger partial charge is 0.550 e. The van der Waals surface area contributed by atoms with Gasteiger partial charge in [-0.3, -0.25) is 4.79 Å². The van der Waals surface area contributed by atoms with Crippen molar-refractivity contribution in [2.45, 2.75) is 38.7 Å². The first-order valence-electron chi connectivity index (χ1n) is 10.9. The first-order chi connectivity index (χ1) is 16.2. The SMILES string of the molecule is COCCOc1c(OC)cc(C(C)C)c(/C=C/C(O)CC(=O)CC(=O)[O-])c1-c1ccc(F)cc1. The van der Waals surface area contributed by atoms with Crippen LogP contribution >= 0.6 is 0 Å². The van der Waals surface area contributed by atoms with Crippen LogP contribution in [0.5, 0.6) is 11.5 Å². The van der Waals surface area contributed by atoms with E-state index in [4.69, 9.17) is 14.2 Å². The van der Waals surface area contributed by atoms with Gasteiger partial charge in [0.25, 0.3) is 0 Å². The van der Waals surface area contributed by atoms with Crippen molar-refractivity contribution in [2.75, 3.05) is 27.4 Å². The average Bonchev–Trinajstić information content (AvgIpc) is 2.77. The number of methoxy groups -OCH3 is 2. The lowest BCUT2D eigenvalue weighted by Crippen LogP contribution is -2.26. The highest BCUT2D eigenvalue weighted by molar-refractivity contribution is 5.94. The Morgan fingerprint density at radius 1 is 1.15 bits per heavy atom. The third-order valence-electron chi connectivity index (χ3n) is 5.09. The molecule has 0 bridgehead atoms. The smallest absolute Gasteiger partial charge is 0.169 e.